The van der Waals surface area contributed by atoms with Crippen LogP contribution in [0.4, 0.5) is 14.9 Å². The second kappa shape index (κ2) is 7.06. The molecule has 6 heteroatoms. The van der Waals surface area contributed by atoms with E-state index in [2.05, 4.69) is 5.32 Å². The van der Waals surface area contributed by atoms with Crippen molar-refractivity contribution in [2.75, 3.05) is 5.32 Å². The number of nitrogens with one attached hydrogen (secondary N) is 2. The van der Waals surface area contributed by atoms with E-state index in [1.807, 2.05) is 5.43 Å². The lowest BCUT2D eigenvalue weighted by Gasteiger charge is -2.09. The molecular weight excluding hydrogens is 305 g/mol. The van der Waals surface area contributed by atoms with Gasteiger partial charge in [0.15, 0.2) is 0 Å². The fraction of sp³-hybridized carbons (Fsp3) is 0.0625. The Morgan fingerprint density at radius 3 is 2.68 bits per heavy atom. The first-order valence-corrected chi connectivity index (χ1v) is 6.90. The molecule has 2 amide bonds. The minimum Gasteiger partial charge on any atom is -0.306 e. The summed E-state index contributed by atoms with van der Waals surface area (Å²) in [6.07, 6.45) is 3.46. The fourth-order valence-electron chi connectivity index (χ4n) is 1.95. The van der Waals surface area contributed by atoms with Gasteiger partial charge in [-0.25, -0.2) is 15.0 Å². The molecule has 0 bridgehead atoms. The van der Waals surface area contributed by atoms with Crippen LogP contribution in [0.2, 0.25) is 5.02 Å². The third kappa shape index (κ3) is 3.63. The number of hydrogen-bond donors (Lipinski definition) is 3. The van der Waals surface area contributed by atoms with Gasteiger partial charge in [0, 0.05) is 10.6 Å². The molecule has 22 heavy (non-hydrogen) atoms. The van der Waals surface area contributed by atoms with E-state index < -0.39 is 6.03 Å². The summed E-state index contributed by atoms with van der Waals surface area (Å²) in [6.45, 7) is 1.70. The molecule has 0 radical (unpaired) electrons. The number of anilines is 1. The molecule has 0 fully saturated rings. The van der Waals surface area contributed by atoms with Crippen LogP contribution in [0.5, 0.6) is 0 Å². The molecule has 0 saturated carbocycles. The second-order valence-corrected chi connectivity index (χ2v) is 4.99. The van der Waals surface area contributed by atoms with E-state index >= 15 is 0 Å². The van der Waals surface area contributed by atoms with Gasteiger partial charge >= 0.3 is 6.03 Å². The molecule has 0 aromatic heterocycles. The van der Waals surface area contributed by atoms with Crippen LogP contribution in [-0.2, 0) is 0 Å². The van der Waals surface area contributed by atoms with Gasteiger partial charge in [0.1, 0.15) is 5.82 Å². The maximum Gasteiger partial charge on any atom is 0.333 e. The fourth-order valence-corrected chi connectivity index (χ4v) is 2.19. The molecule has 2 aromatic rings. The molecule has 0 heterocycles. The van der Waals surface area contributed by atoms with E-state index in [1.54, 1.807) is 49.4 Å². The quantitative estimate of drug-likeness (QED) is 0.347. The van der Waals surface area contributed by atoms with Crippen molar-refractivity contribution >= 4 is 35.5 Å². The zero-order valence-corrected chi connectivity index (χ0v) is 12.6. The number of hydrogen-bond acceptors (Lipinski definition) is 2. The largest absolute Gasteiger partial charge is 0.333 e. The third-order valence-corrected chi connectivity index (χ3v) is 3.50. The Morgan fingerprint density at radius 2 is 1.95 bits per heavy atom. The summed E-state index contributed by atoms with van der Waals surface area (Å²) in [5, 5.41) is 3.04. The molecular formula is C16H15ClFN3O. The SMILES string of the molecule is Cc1c(F)cccc1/C=C/c1c(Cl)cccc1NC(=O)NN. The monoisotopic (exact) mass is 319 g/mol. The number of amides is 2. The Hall–Kier alpha value is -2.37. The Labute approximate surface area is 132 Å². The highest BCUT2D eigenvalue weighted by molar-refractivity contribution is 6.32. The van der Waals surface area contributed by atoms with Gasteiger partial charge in [-0.05, 0) is 36.2 Å². The number of nitrogens with two attached hydrogens (primary N) is 1. The van der Waals surface area contributed by atoms with Gasteiger partial charge in [-0.3, -0.25) is 5.43 Å². The van der Waals surface area contributed by atoms with Crippen molar-refractivity contribution in [2.45, 2.75) is 6.92 Å². The van der Waals surface area contributed by atoms with E-state index in [-0.39, 0.29) is 5.82 Å². The van der Waals surface area contributed by atoms with E-state index in [9.17, 15) is 9.18 Å². The third-order valence-electron chi connectivity index (χ3n) is 3.17. The number of halogens is 2. The Morgan fingerprint density at radius 1 is 1.23 bits per heavy atom. The standard InChI is InChI=1S/C16H15ClFN3O/c1-10-11(4-2-6-14(10)18)8-9-12-13(17)5-3-7-15(12)20-16(22)21-19/h2-9H,19H2,1H3,(H2,20,21,22)/b9-8+. The molecule has 0 atom stereocenters. The van der Waals surface area contributed by atoms with Gasteiger partial charge in [-0.1, -0.05) is 42.0 Å². The van der Waals surface area contributed by atoms with E-state index in [0.29, 0.717) is 21.8 Å². The zero-order chi connectivity index (χ0) is 16.1. The molecule has 0 saturated heterocycles. The summed E-state index contributed by atoms with van der Waals surface area (Å²) in [4.78, 5) is 11.4. The lowest BCUT2D eigenvalue weighted by Crippen LogP contribution is -2.34. The Bertz CT molecular complexity index is 731. The minimum absolute atomic E-state index is 0.276. The van der Waals surface area contributed by atoms with Crippen LogP contribution in [0.3, 0.4) is 0 Å². The smallest absolute Gasteiger partial charge is 0.306 e. The number of rotatable bonds is 3. The van der Waals surface area contributed by atoms with E-state index in [4.69, 9.17) is 17.4 Å². The minimum atomic E-state index is -0.557. The number of urea groups is 1. The van der Waals surface area contributed by atoms with Gasteiger partial charge in [0.25, 0.3) is 0 Å². The van der Waals surface area contributed by atoms with Crippen LogP contribution in [0.15, 0.2) is 36.4 Å². The normalized spacial score (nSPS) is 10.7. The van der Waals surface area contributed by atoms with Crippen LogP contribution in [0.1, 0.15) is 16.7 Å². The second-order valence-electron chi connectivity index (χ2n) is 4.59. The summed E-state index contributed by atoms with van der Waals surface area (Å²) >= 11 is 6.17. The highest BCUT2D eigenvalue weighted by Gasteiger charge is 2.07. The lowest BCUT2D eigenvalue weighted by molar-refractivity contribution is 0.252. The number of carbonyl (C=O) groups is 1. The van der Waals surface area contributed by atoms with Crippen LogP contribution in [0.25, 0.3) is 12.2 Å². The lowest BCUT2D eigenvalue weighted by atomic mass is 10.1. The van der Waals surface area contributed by atoms with Crippen LogP contribution in [0, 0.1) is 12.7 Å². The van der Waals surface area contributed by atoms with Gasteiger partial charge < -0.3 is 5.32 Å². The van der Waals surface area contributed by atoms with Crippen molar-refractivity contribution in [3.63, 3.8) is 0 Å². The highest BCUT2D eigenvalue weighted by atomic mass is 35.5. The molecule has 0 spiro atoms. The molecule has 2 rings (SSSR count). The first-order chi connectivity index (χ1) is 10.5. The molecule has 0 aliphatic carbocycles. The molecule has 4 N–H and O–H groups in total. The molecule has 114 valence electrons. The average molecular weight is 320 g/mol. The predicted octanol–water partition coefficient (Wildman–Crippen LogP) is 3.95. The Balaban J connectivity index is 2.38. The zero-order valence-electron chi connectivity index (χ0n) is 11.9. The summed E-state index contributed by atoms with van der Waals surface area (Å²) in [5.74, 6) is 4.78. The van der Waals surface area contributed by atoms with E-state index in [1.165, 1.54) is 6.07 Å². The van der Waals surface area contributed by atoms with Crippen molar-refractivity contribution in [3.8, 4) is 0 Å². The summed E-state index contributed by atoms with van der Waals surface area (Å²) in [6, 6.07) is 9.38. The van der Waals surface area contributed by atoms with Gasteiger partial charge in [-0.2, -0.15) is 0 Å². The van der Waals surface area contributed by atoms with Crippen LogP contribution < -0.4 is 16.6 Å². The summed E-state index contributed by atoms with van der Waals surface area (Å²) < 4.78 is 13.5. The molecule has 4 nitrogen and oxygen atoms in total. The number of hydrazine groups is 1. The maximum absolute atomic E-state index is 13.5. The van der Waals surface area contributed by atoms with Crippen molar-refractivity contribution < 1.29 is 9.18 Å². The average Bonchev–Trinajstić information content (AvgIpc) is 2.50. The molecule has 0 aliphatic heterocycles. The highest BCUT2D eigenvalue weighted by Crippen LogP contribution is 2.27. The predicted molar refractivity (Wildman–Crippen MR) is 87.9 cm³/mol. The van der Waals surface area contributed by atoms with E-state index in [0.717, 1.165) is 5.56 Å². The topological polar surface area (TPSA) is 67.2 Å². The van der Waals surface area contributed by atoms with Crippen molar-refractivity contribution in [1.29, 1.82) is 0 Å². The molecule has 2 aromatic carbocycles. The van der Waals surface area contributed by atoms with Gasteiger partial charge in [0.2, 0.25) is 0 Å². The molecule has 0 unspecified atom stereocenters. The van der Waals surface area contributed by atoms with Gasteiger partial charge in [0.05, 0.1) is 5.69 Å². The van der Waals surface area contributed by atoms with Crippen LogP contribution in [-0.4, -0.2) is 6.03 Å². The first-order valence-electron chi connectivity index (χ1n) is 6.52. The molecule has 0 aliphatic rings. The van der Waals surface area contributed by atoms with Crippen molar-refractivity contribution in [2.24, 2.45) is 5.84 Å². The van der Waals surface area contributed by atoms with Crippen molar-refractivity contribution in [1.82, 2.24) is 5.43 Å². The summed E-state index contributed by atoms with van der Waals surface area (Å²) in [7, 11) is 0. The van der Waals surface area contributed by atoms with Crippen LogP contribution >= 0.6 is 11.6 Å². The van der Waals surface area contributed by atoms with Gasteiger partial charge in [-0.15, -0.1) is 0 Å². The first kappa shape index (κ1) is 16.0. The number of benzene rings is 2. The number of carbonyl (C=O) groups excluding carboxylic acids is 1. The maximum atomic E-state index is 13.5. The van der Waals surface area contributed by atoms with Crippen molar-refractivity contribution in [3.05, 3.63) is 63.9 Å². The Kier molecular flexibility index (Phi) is 5.14. The summed E-state index contributed by atoms with van der Waals surface area (Å²) in [5.41, 5.74) is 4.36.